The van der Waals surface area contributed by atoms with Crippen molar-refractivity contribution in [1.82, 2.24) is 0 Å². The second kappa shape index (κ2) is 3.99. The van der Waals surface area contributed by atoms with Gasteiger partial charge in [-0.15, -0.1) is 0 Å². The average Bonchev–Trinajstić information content (AvgIpc) is 2.17. The van der Waals surface area contributed by atoms with Gasteiger partial charge in [0, 0.05) is 6.08 Å². The van der Waals surface area contributed by atoms with Gasteiger partial charge in [0.15, 0.2) is 5.78 Å². The zero-order chi connectivity index (χ0) is 10.9. The van der Waals surface area contributed by atoms with Gasteiger partial charge in [-0.1, -0.05) is 13.8 Å². The van der Waals surface area contributed by atoms with Crippen molar-refractivity contribution in [2.24, 2.45) is 11.8 Å². The number of allylic oxidation sites excluding steroid dienone is 1. The molecule has 0 aromatic rings. The van der Waals surface area contributed by atoms with Crippen molar-refractivity contribution in [2.75, 3.05) is 0 Å². The molecule has 0 N–H and O–H groups in total. The maximum Gasteiger partial charge on any atom is 0.162 e. The molecule has 1 fully saturated rings. The topological polar surface area (TPSA) is 26.3 Å². The molecule has 2 heteroatoms. The van der Waals surface area contributed by atoms with Gasteiger partial charge in [-0.05, 0) is 37.5 Å². The maximum absolute atomic E-state index is 11.4. The van der Waals surface area contributed by atoms with Crippen LogP contribution in [0.5, 0.6) is 0 Å². The zero-order valence-electron chi connectivity index (χ0n) is 9.66. The third-order valence-electron chi connectivity index (χ3n) is 3.85. The molecule has 1 heterocycles. The monoisotopic (exact) mass is 208 g/mol. The molecule has 84 valence electrons. The summed E-state index contributed by atoms with van der Waals surface area (Å²) in [6, 6.07) is 0. The van der Waals surface area contributed by atoms with Gasteiger partial charge in [0.05, 0.1) is 12.7 Å². The fraction of sp³-hybridized carbons (Fsp3) is 0.769. The highest BCUT2D eigenvalue weighted by Crippen LogP contribution is 2.42. The molecule has 15 heavy (non-hydrogen) atoms. The quantitative estimate of drug-likeness (QED) is 0.662. The van der Waals surface area contributed by atoms with Gasteiger partial charge in [-0.3, -0.25) is 4.79 Å². The van der Waals surface area contributed by atoms with Crippen molar-refractivity contribution < 1.29 is 9.53 Å². The van der Waals surface area contributed by atoms with Crippen LogP contribution in [-0.2, 0) is 9.53 Å². The lowest BCUT2D eigenvalue weighted by Gasteiger charge is -2.42. The number of ketones is 1. The van der Waals surface area contributed by atoms with Gasteiger partial charge in [0.1, 0.15) is 5.60 Å². The third kappa shape index (κ3) is 2.24. The summed E-state index contributed by atoms with van der Waals surface area (Å²) in [5.41, 5.74) is -0.154. The number of hydrogen-bond donors (Lipinski definition) is 0. The highest BCUT2D eigenvalue weighted by Gasteiger charge is 2.41. The number of ether oxygens (including phenoxy) is 1. The molecule has 1 aliphatic heterocycles. The molecule has 0 saturated heterocycles. The first-order valence-corrected chi connectivity index (χ1v) is 5.98. The van der Waals surface area contributed by atoms with E-state index < -0.39 is 0 Å². The summed E-state index contributed by atoms with van der Waals surface area (Å²) >= 11 is 0. The maximum atomic E-state index is 11.4. The lowest BCUT2D eigenvalue weighted by molar-refractivity contribution is -0.126. The lowest BCUT2D eigenvalue weighted by atomic mass is 9.71. The van der Waals surface area contributed by atoms with E-state index in [0.29, 0.717) is 12.3 Å². The first-order chi connectivity index (χ1) is 7.11. The Morgan fingerprint density at radius 2 is 2.33 bits per heavy atom. The van der Waals surface area contributed by atoms with E-state index in [1.54, 1.807) is 12.3 Å². The van der Waals surface area contributed by atoms with Crippen LogP contribution in [0.15, 0.2) is 12.3 Å². The van der Waals surface area contributed by atoms with Crippen molar-refractivity contribution in [2.45, 2.75) is 51.6 Å². The molecule has 1 aliphatic carbocycles. The minimum Gasteiger partial charge on any atom is -0.494 e. The Hall–Kier alpha value is -0.790. The van der Waals surface area contributed by atoms with Crippen LogP contribution < -0.4 is 0 Å². The van der Waals surface area contributed by atoms with Crippen LogP contribution in [0.1, 0.15) is 46.0 Å². The van der Waals surface area contributed by atoms with E-state index in [1.807, 2.05) is 0 Å². The van der Waals surface area contributed by atoms with Crippen molar-refractivity contribution in [3.63, 3.8) is 0 Å². The Labute approximate surface area is 91.7 Å². The second-order valence-corrected chi connectivity index (χ2v) is 5.35. The van der Waals surface area contributed by atoms with E-state index in [4.69, 9.17) is 4.74 Å². The summed E-state index contributed by atoms with van der Waals surface area (Å²) < 4.78 is 5.76. The molecular weight excluding hydrogens is 188 g/mol. The first kappa shape index (κ1) is 10.7. The normalized spacial score (nSPS) is 35.9. The van der Waals surface area contributed by atoms with Crippen molar-refractivity contribution in [3.05, 3.63) is 12.3 Å². The largest absolute Gasteiger partial charge is 0.494 e. The Morgan fingerprint density at radius 1 is 1.53 bits per heavy atom. The summed E-state index contributed by atoms with van der Waals surface area (Å²) in [6.45, 7) is 4.54. The SMILES string of the molecule is CC(C)C1CCCC2(CC(=O)C=CO2)C1. The van der Waals surface area contributed by atoms with E-state index >= 15 is 0 Å². The van der Waals surface area contributed by atoms with Gasteiger partial charge in [0.25, 0.3) is 0 Å². The molecule has 0 aromatic heterocycles. The van der Waals surface area contributed by atoms with Crippen LogP contribution in [0.4, 0.5) is 0 Å². The van der Waals surface area contributed by atoms with Crippen LogP contribution in [0.3, 0.4) is 0 Å². The van der Waals surface area contributed by atoms with Gasteiger partial charge in [-0.2, -0.15) is 0 Å². The second-order valence-electron chi connectivity index (χ2n) is 5.35. The zero-order valence-corrected chi connectivity index (χ0v) is 9.66. The van der Waals surface area contributed by atoms with E-state index in [2.05, 4.69) is 13.8 Å². The average molecular weight is 208 g/mol. The number of carbonyl (C=O) groups excluding carboxylic acids is 1. The molecule has 2 atom stereocenters. The third-order valence-corrected chi connectivity index (χ3v) is 3.85. The molecule has 2 nitrogen and oxygen atoms in total. The molecular formula is C13H20O2. The van der Waals surface area contributed by atoms with Gasteiger partial charge < -0.3 is 4.74 Å². The van der Waals surface area contributed by atoms with E-state index in [9.17, 15) is 4.79 Å². The highest BCUT2D eigenvalue weighted by atomic mass is 16.5. The molecule has 0 bridgehead atoms. The van der Waals surface area contributed by atoms with Gasteiger partial charge >= 0.3 is 0 Å². The Bertz CT molecular complexity index is 280. The van der Waals surface area contributed by atoms with Gasteiger partial charge in [-0.25, -0.2) is 0 Å². The molecule has 0 radical (unpaired) electrons. The summed E-state index contributed by atoms with van der Waals surface area (Å²) in [7, 11) is 0. The molecule has 2 unspecified atom stereocenters. The van der Waals surface area contributed by atoms with Crippen LogP contribution >= 0.6 is 0 Å². The first-order valence-electron chi connectivity index (χ1n) is 5.98. The molecule has 2 rings (SSSR count). The van der Waals surface area contributed by atoms with E-state index in [1.165, 1.54) is 12.8 Å². The highest BCUT2D eigenvalue weighted by molar-refractivity contribution is 5.90. The fourth-order valence-corrected chi connectivity index (χ4v) is 2.88. The predicted octanol–water partition coefficient (Wildman–Crippen LogP) is 3.07. The van der Waals surface area contributed by atoms with E-state index in [0.717, 1.165) is 18.8 Å². The van der Waals surface area contributed by atoms with Crippen molar-refractivity contribution >= 4 is 5.78 Å². The molecule has 0 amide bonds. The summed E-state index contributed by atoms with van der Waals surface area (Å²) in [5.74, 6) is 1.65. The standard InChI is InChI=1S/C13H20O2/c1-10(2)11-4-3-6-13(8-11)9-12(14)5-7-15-13/h5,7,10-11H,3-4,6,8-9H2,1-2H3. The Balaban J connectivity index is 2.08. The van der Waals surface area contributed by atoms with Crippen molar-refractivity contribution in [1.29, 1.82) is 0 Å². The summed E-state index contributed by atoms with van der Waals surface area (Å²) in [5, 5.41) is 0. The number of hydrogen-bond acceptors (Lipinski definition) is 2. The fourth-order valence-electron chi connectivity index (χ4n) is 2.88. The Kier molecular flexibility index (Phi) is 2.85. The number of rotatable bonds is 1. The molecule has 2 aliphatic rings. The van der Waals surface area contributed by atoms with Crippen LogP contribution in [0.25, 0.3) is 0 Å². The van der Waals surface area contributed by atoms with Gasteiger partial charge in [0.2, 0.25) is 0 Å². The minimum atomic E-state index is -0.154. The van der Waals surface area contributed by atoms with Crippen LogP contribution in [0.2, 0.25) is 0 Å². The Morgan fingerprint density at radius 3 is 3.00 bits per heavy atom. The molecule has 1 spiro atoms. The predicted molar refractivity (Wildman–Crippen MR) is 59.4 cm³/mol. The summed E-state index contributed by atoms with van der Waals surface area (Å²) in [6.07, 6.45) is 8.35. The summed E-state index contributed by atoms with van der Waals surface area (Å²) in [4.78, 5) is 11.4. The molecule has 1 saturated carbocycles. The van der Waals surface area contributed by atoms with Crippen LogP contribution in [-0.4, -0.2) is 11.4 Å². The minimum absolute atomic E-state index is 0.154. The van der Waals surface area contributed by atoms with Crippen molar-refractivity contribution in [3.8, 4) is 0 Å². The lowest BCUT2D eigenvalue weighted by Crippen LogP contribution is -2.41. The van der Waals surface area contributed by atoms with E-state index in [-0.39, 0.29) is 11.4 Å². The molecule has 0 aromatic carbocycles. The smallest absolute Gasteiger partial charge is 0.162 e. The van der Waals surface area contributed by atoms with Crippen LogP contribution in [0, 0.1) is 11.8 Å². The number of carbonyl (C=O) groups is 1.